The van der Waals surface area contributed by atoms with E-state index in [1.165, 1.54) is 19.3 Å². The van der Waals surface area contributed by atoms with Crippen molar-refractivity contribution in [3.63, 3.8) is 0 Å². The average molecular weight is 386 g/mol. The highest BCUT2D eigenvalue weighted by Gasteiger charge is 2.32. The SMILES string of the molecule is CC(=O)NCC(C)CNc1cc(-c2ccc(OC(F)(F)F)c(F)c2)ncn1. The van der Waals surface area contributed by atoms with Crippen LogP contribution in [-0.2, 0) is 4.79 Å². The van der Waals surface area contributed by atoms with Gasteiger partial charge in [0.25, 0.3) is 0 Å². The van der Waals surface area contributed by atoms with Crippen molar-refractivity contribution >= 4 is 11.7 Å². The first-order valence-electron chi connectivity index (χ1n) is 8.00. The van der Waals surface area contributed by atoms with Crippen LogP contribution >= 0.6 is 0 Å². The number of alkyl halides is 3. The maximum Gasteiger partial charge on any atom is 0.573 e. The van der Waals surface area contributed by atoms with Gasteiger partial charge < -0.3 is 15.4 Å². The van der Waals surface area contributed by atoms with Crippen LogP contribution in [0.2, 0.25) is 0 Å². The highest BCUT2D eigenvalue weighted by molar-refractivity contribution is 5.72. The van der Waals surface area contributed by atoms with Crippen LogP contribution in [0, 0.1) is 11.7 Å². The molecule has 0 aliphatic rings. The zero-order valence-corrected chi connectivity index (χ0v) is 14.6. The highest BCUT2D eigenvalue weighted by Crippen LogP contribution is 2.29. The Morgan fingerprint density at radius 1 is 1.22 bits per heavy atom. The number of aromatic nitrogens is 2. The average Bonchev–Trinajstić information content (AvgIpc) is 2.59. The quantitative estimate of drug-likeness (QED) is 0.714. The molecule has 1 unspecified atom stereocenters. The molecular formula is C17H18F4N4O2. The zero-order chi connectivity index (χ0) is 20.0. The summed E-state index contributed by atoms with van der Waals surface area (Å²) in [6.07, 6.45) is -3.71. The third-order valence-corrected chi connectivity index (χ3v) is 3.45. The number of amides is 1. The van der Waals surface area contributed by atoms with Gasteiger partial charge in [0.1, 0.15) is 12.1 Å². The third kappa shape index (κ3) is 6.72. The van der Waals surface area contributed by atoms with E-state index in [9.17, 15) is 22.4 Å². The molecule has 1 aromatic heterocycles. The third-order valence-electron chi connectivity index (χ3n) is 3.45. The zero-order valence-electron chi connectivity index (χ0n) is 14.6. The Bertz CT molecular complexity index is 799. The molecule has 1 atom stereocenters. The number of rotatable bonds is 7. The van der Waals surface area contributed by atoms with E-state index in [-0.39, 0.29) is 17.4 Å². The summed E-state index contributed by atoms with van der Waals surface area (Å²) in [6.45, 7) is 4.37. The molecule has 0 fully saturated rings. The number of halogens is 4. The van der Waals surface area contributed by atoms with Gasteiger partial charge in [-0.1, -0.05) is 6.92 Å². The Labute approximate surface area is 153 Å². The van der Waals surface area contributed by atoms with Crippen molar-refractivity contribution in [1.82, 2.24) is 15.3 Å². The van der Waals surface area contributed by atoms with Crippen LogP contribution in [0.3, 0.4) is 0 Å². The van der Waals surface area contributed by atoms with Crippen molar-refractivity contribution in [2.75, 3.05) is 18.4 Å². The van der Waals surface area contributed by atoms with Gasteiger partial charge in [0.05, 0.1) is 5.69 Å². The first-order valence-corrected chi connectivity index (χ1v) is 8.00. The molecule has 0 spiro atoms. The molecule has 0 saturated carbocycles. The second-order valence-corrected chi connectivity index (χ2v) is 5.90. The highest BCUT2D eigenvalue weighted by atomic mass is 19.4. The van der Waals surface area contributed by atoms with Crippen molar-refractivity contribution in [3.8, 4) is 17.0 Å². The lowest BCUT2D eigenvalue weighted by Gasteiger charge is -2.14. The molecule has 2 aromatic rings. The predicted molar refractivity (Wildman–Crippen MR) is 90.4 cm³/mol. The molecule has 0 aliphatic carbocycles. The molecule has 2 rings (SSSR count). The largest absolute Gasteiger partial charge is 0.573 e. The maximum atomic E-state index is 13.9. The molecule has 0 saturated heterocycles. The lowest BCUT2D eigenvalue weighted by Crippen LogP contribution is -2.29. The minimum absolute atomic E-state index is 0.119. The summed E-state index contributed by atoms with van der Waals surface area (Å²) in [4.78, 5) is 18.9. The molecule has 0 radical (unpaired) electrons. The Morgan fingerprint density at radius 3 is 2.59 bits per heavy atom. The van der Waals surface area contributed by atoms with Crippen LogP contribution < -0.4 is 15.4 Å². The summed E-state index contributed by atoms with van der Waals surface area (Å²) in [5.41, 5.74) is 0.609. The van der Waals surface area contributed by atoms with Crippen LogP contribution in [0.5, 0.6) is 5.75 Å². The first-order chi connectivity index (χ1) is 12.6. The number of carbonyl (C=O) groups excluding carboxylic acids is 1. The number of hydrogen-bond acceptors (Lipinski definition) is 5. The molecule has 146 valence electrons. The van der Waals surface area contributed by atoms with E-state index < -0.39 is 17.9 Å². The van der Waals surface area contributed by atoms with Gasteiger partial charge in [-0.2, -0.15) is 0 Å². The van der Waals surface area contributed by atoms with Gasteiger partial charge in [0.15, 0.2) is 11.6 Å². The monoisotopic (exact) mass is 386 g/mol. The van der Waals surface area contributed by atoms with Crippen molar-refractivity contribution in [2.24, 2.45) is 5.92 Å². The number of hydrogen-bond donors (Lipinski definition) is 2. The lowest BCUT2D eigenvalue weighted by atomic mass is 10.1. The molecule has 2 N–H and O–H groups in total. The van der Waals surface area contributed by atoms with Crippen LogP contribution in [0.25, 0.3) is 11.3 Å². The Hall–Kier alpha value is -2.91. The van der Waals surface area contributed by atoms with Gasteiger partial charge in [0, 0.05) is 31.6 Å². The molecule has 10 heteroatoms. The summed E-state index contributed by atoms with van der Waals surface area (Å²) in [5, 5.41) is 5.77. The predicted octanol–water partition coefficient (Wildman–Crippen LogP) is 3.37. The van der Waals surface area contributed by atoms with Crippen molar-refractivity contribution in [3.05, 3.63) is 36.4 Å². The van der Waals surface area contributed by atoms with E-state index in [0.717, 1.165) is 12.1 Å². The Kier molecular flexibility index (Phi) is 6.54. The summed E-state index contributed by atoms with van der Waals surface area (Å²) in [5.74, 6) is -1.59. The van der Waals surface area contributed by atoms with E-state index in [4.69, 9.17) is 0 Å². The molecular weight excluding hydrogens is 368 g/mol. The van der Waals surface area contributed by atoms with Crippen LogP contribution in [0.4, 0.5) is 23.4 Å². The fourth-order valence-electron chi connectivity index (χ4n) is 2.15. The topological polar surface area (TPSA) is 76.1 Å². The first kappa shape index (κ1) is 20.4. The van der Waals surface area contributed by atoms with E-state index in [1.54, 1.807) is 6.07 Å². The number of anilines is 1. The standard InChI is InChI=1S/C17H18F4N4O2/c1-10(7-22-11(2)26)8-23-16-6-14(24-9-25-16)12-3-4-15(13(18)5-12)27-17(19,20)21/h3-6,9-10H,7-8H2,1-2H3,(H,22,26)(H,23,24,25). The Balaban J connectivity index is 2.06. The van der Waals surface area contributed by atoms with E-state index in [1.807, 2.05) is 6.92 Å². The van der Waals surface area contributed by atoms with Gasteiger partial charge >= 0.3 is 6.36 Å². The van der Waals surface area contributed by atoms with Gasteiger partial charge in [-0.15, -0.1) is 13.2 Å². The molecule has 0 bridgehead atoms. The Morgan fingerprint density at radius 2 is 1.96 bits per heavy atom. The molecule has 1 aromatic carbocycles. The number of benzene rings is 1. The van der Waals surface area contributed by atoms with Crippen molar-refractivity contribution in [2.45, 2.75) is 20.2 Å². The summed E-state index contributed by atoms with van der Waals surface area (Å²) in [6, 6.07) is 4.62. The summed E-state index contributed by atoms with van der Waals surface area (Å²) >= 11 is 0. The van der Waals surface area contributed by atoms with Crippen molar-refractivity contribution < 1.29 is 27.1 Å². The summed E-state index contributed by atoms with van der Waals surface area (Å²) in [7, 11) is 0. The van der Waals surface area contributed by atoms with Crippen molar-refractivity contribution in [1.29, 1.82) is 0 Å². The summed E-state index contributed by atoms with van der Waals surface area (Å²) < 4.78 is 54.1. The van der Waals surface area contributed by atoms with E-state index >= 15 is 0 Å². The molecule has 1 heterocycles. The number of nitrogens with one attached hydrogen (secondary N) is 2. The maximum absolute atomic E-state index is 13.9. The smallest absolute Gasteiger partial charge is 0.403 e. The fourth-order valence-corrected chi connectivity index (χ4v) is 2.15. The fraction of sp³-hybridized carbons (Fsp3) is 0.353. The molecule has 1 amide bonds. The molecule has 27 heavy (non-hydrogen) atoms. The van der Waals surface area contributed by atoms with Crippen LogP contribution in [0.1, 0.15) is 13.8 Å². The van der Waals surface area contributed by atoms with Gasteiger partial charge in [-0.05, 0) is 24.1 Å². The number of ether oxygens (including phenoxy) is 1. The van der Waals surface area contributed by atoms with Crippen LogP contribution in [0.15, 0.2) is 30.6 Å². The lowest BCUT2D eigenvalue weighted by molar-refractivity contribution is -0.275. The number of carbonyl (C=O) groups is 1. The second kappa shape index (κ2) is 8.65. The van der Waals surface area contributed by atoms with E-state index in [2.05, 4.69) is 25.3 Å². The van der Waals surface area contributed by atoms with Gasteiger partial charge in [-0.25, -0.2) is 14.4 Å². The minimum Gasteiger partial charge on any atom is -0.403 e. The molecule has 0 aliphatic heterocycles. The normalized spacial score (nSPS) is 12.4. The molecule has 6 nitrogen and oxygen atoms in total. The van der Waals surface area contributed by atoms with Gasteiger partial charge in [-0.3, -0.25) is 4.79 Å². The second-order valence-electron chi connectivity index (χ2n) is 5.90. The van der Waals surface area contributed by atoms with E-state index in [0.29, 0.717) is 24.6 Å². The van der Waals surface area contributed by atoms with Crippen LogP contribution in [-0.4, -0.2) is 35.3 Å². The minimum atomic E-state index is -4.97. The van der Waals surface area contributed by atoms with Gasteiger partial charge in [0.2, 0.25) is 5.91 Å². The number of nitrogens with zero attached hydrogens (tertiary/aromatic N) is 2.